The molecule has 10 nitrogen and oxygen atoms in total. The minimum absolute atomic E-state index is 0.144. The van der Waals surface area contributed by atoms with E-state index in [-0.39, 0.29) is 21.3 Å². The van der Waals surface area contributed by atoms with Crippen molar-refractivity contribution in [1.82, 2.24) is 21.2 Å². The van der Waals surface area contributed by atoms with Gasteiger partial charge in [-0.05, 0) is 23.6 Å². The Labute approximate surface area is 181 Å². The molecule has 30 heavy (non-hydrogen) atoms. The van der Waals surface area contributed by atoms with E-state index in [2.05, 4.69) is 20.5 Å². The second-order valence-electron chi connectivity index (χ2n) is 7.08. The number of nitrogens with zero attached hydrogens (tertiary/aromatic N) is 3. The first-order valence-electron chi connectivity index (χ1n) is 8.47. The molecular weight excluding hydrogens is 435 g/mol. The van der Waals surface area contributed by atoms with Gasteiger partial charge in [-0.1, -0.05) is 44.0 Å². The molecule has 0 aliphatic carbocycles. The maximum Gasteiger partial charge on any atom is 0.430 e. The summed E-state index contributed by atoms with van der Waals surface area (Å²) in [5.74, 6) is -0.823. The SMILES string of the molecule is CC(=O)OC(=O)NNN(C#N)c1cc(Cl)c(-c2cc(C(C)(C)C)c(=O)[nH]n2)c(Cl)c1. The molecule has 0 unspecified atom stereocenters. The number of hydrazine groups is 2. The number of nitrogens with one attached hydrogen (secondary N) is 3. The van der Waals surface area contributed by atoms with Crippen LogP contribution >= 0.6 is 23.2 Å². The van der Waals surface area contributed by atoms with Gasteiger partial charge in [-0.15, -0.1) is 5.53 Å². The van der Waals surface area contributed by atoms with Crippen molar-refractivity contribution in [3.8, 4) is 17.5 Å². The summed E-state index contributed by atoms with van der Waals surface area (Å²) in [5.41, 5.74) is 4.89. The highest BCUT2D eigenvalue weighted by Gasteiger charge is 2.22. The normalized spacial score (nSPS) is 10.8. The highest BCUT2D eigenvalue weighted by Crippen LogP contribution is 2.37. The molecule has 2 aromatic rings. The molecule has 0 atom stereocenters. The van der Waals surface area contributed by atoms with Gasteiger partial charge in [0.2, 0.25) is 6.19 Å². The van der Waals surface area contributed by atoms with E-state index >= 15 is 0 Å². The van der Waals surface area contributed by atoms with E-state index in [1.165, 1.54) is 12.1 Å². The van der Waals surface area contributed by atoms with Crippen LogP contribution in [0.15, 0.2) is 23.0 Å². The average molecular weight is 453 g/mol. The van der Waals surface area contributed by atoms with Crippen LogP contribution in [0, 0.1) is 11.5 Å². The van der Waals surface area contributed by atoms with Gasteiger partial charge in [-0.25, -0.2) is 15.3 Å². The summed E-state index contributed by atoms with van der Waals surface area (Å²) in [6.45, 7) is 6.70. The minimum atomic E-state index is -1.11. The van der Waals surface area contributed by atoms with Gasteiger partial charge in [0.25, 0.3) is 5.56 Å². The summed E-state index contributed by atoms with van der Waals surface area (Å²) in [6.07, 6.45) is 0.656. The first-order chi connectivity index (χ1) is 13.9. The van der Waals surface area contributed by atoms with Crippen molar-refractivity contribution in [3.05, 3.63) is 44.2 Å². The number of H-pyrrole nitrogens is 1. The Morgan fingerprint density at radius 3 is 2.33 bits per heavy atom. The van der Waals surface area contributed by atoms with Gasteiger partial charge in [0.1, 0.15) is 0 Å². The quantitative estimate of drug-likeness (QED) is 0.211. The summed E-state index contributed by atoms with van der Waals surface area (Å²) >= 11 is 12.7. The highest BCUT2D eigenvalue weighted by molar-refractivity contribution is 6.39. The maximum atomic E-state index is 12.1. The fourth-order valence-corrected chi connectivity index (χ4v) is 3.10. The van der Waals surface area contributed by atoms with Crippen LogP contribution in [-0.2, 0) is 14.9 Å². The number of rotatable bonds is 4. The molecule has 1 aromatic carbocycles. The molecule has 1 amide bonds. The van der Waals surface area contributed by atoms with Gasteiger partial charge in [-0.2, -0.15) is 15.4 Å². The lowest BCUT2D eigenvalue weighted by Gasteiger charge is -2.20. The summed E-state index contributed by atoms with van der Waals surface area (Å²) in [4.78, 5) is 34.2. The molecule has 1 heterocycles. The van der Waals surface area contributed by atoms with E-state index in [9.17, 15) is 19.6 Å². The van der Waals surface area contributed by atoms with Crippen LogP contribution in [0.3, 0.4) is 0 Å². The van der Waals surface area contributed by atoms with Crippen LogP contribution in [0.2, 0.25) is 10.0 Å². The Morgan fingerprint density at radius 1 is 1.23 bits per heavy atom. The van der Waals surface area contributed by atoms with Crippen molar-refractivity contribution in [2.24, 2.45) is 0 Å². The Bertz CT molecular complexity index is 1060. The number of carbonyl (C=O) groups excluding carboxylic acids is 2. The molecule has 2 rings (SSSR count). The zero-order valence-electron chi connectivity index (χ0n) is 16.5. The van der Waals surface area contributed by atoms with Crippen molar-refractivity contribution >= 4 is 41.0 Å². The molecule has 0 bridgehead atoms. The number of aromatic nitrogens is 2. The van der Waals surface area contributed by atoms with E-state index in [1.807, 2.05) is 26.2 Å². The summed E-state index contributed by atoms with van der Waals surface area (Å²) in [6, 6.07) is 4.41. The second-order valence-corrected chi connectivity index (χ2v) is 7.90. The lowest BCUT2D eigenvalue weighted by Crippen LogP contribution is -2.48. The fraction of sp³-hybridized carbons (Fsp3) is 0.278. The number of esters is 1. The van der Waals surface area contributed by atoms with Crippen LogP contribution in [0.1, 0.15) is 33.3 Å². The fourth-order valence-electron chi connectivity index (χ4n) is 2.43. The van der Waals surface area contributed by atoms with Crippen LogP contribution in [0.25, 0.3) is 11.3 Å². The molecule has 1 aromatic heterocycles. The molecule has 0 radical (unpaired) electrons. The average Bonchev–Trinajstić information content (AvgIpc) is 2.61. The van der Waals surface area contributed by atoms with Crippen LogP contribution in [0.5, 0.6) is 0 Å². The third-order valence-corrected chi connectivity index (χ3v) is 4.36. The lowest BCUT2D eigenvalue weighted by atomic mass is 9.87. The van der Waals surface area contributed by atoms with Gasteiger partial charge in [0, 0.05) is 18.1 Å². The van der Waals surface area contributed by atoms with E-state index in [4.69, 9.17) is 23.2 Å². The molecule has 0 saturated heterocycles. The van der Waals surface area contributed by atoms with Gasteiger partial charge < -0.3 is 4.74 Å². The number of amides is 1. The van der Waals surface area contributed by atoms with Gasteiger partial charge in [0.05, 0.1) is 21.4 Å². The Hall–Kier alpha value is -3.13. The summed E-state index contributed by atoms with van der Waals surface area (Å²) < 4.78 is 4.28. The number of anilines is 1. The standard InChI is InChI=1S/C18H18Cl2N6O4/c1-9(27)30-17(29)24-25-26(8-21)10-5-12(19)15(13(20)6-10)14-7-11(18(2,3)4)16(28)23-22-14/h5-7,25H,1-4H3,(H,23,28)(H,24,29). The molecular formula is C18H18Cl2N6O4. The highest BCUT2D eigenvalue weighted by atomic mass is 35.5. The first kappa shape index (κ1) is 23.2. The smallest absolute Gasteiger partial charge is 0.376 e. The molecule has 0 saturated carbocycles. The second kappa shape index (κ2) is 9.13. The molecule has 0 fully saturated rings. The van der Waals surface area contributed by atoms with Crippen LogP contribution < -0.4 is 21.5 Å². The number of aromatic amines is 1. The molecule has 158 valence electrons. The zero-order valence-corrected chi connectivity index (χ0v) is 18.0. The number of hydrogen-bond donors (Lipinski definition) is 3. The Balaban J connectivity index is 2.38. The minimum Gasteiger partial charge on any atom is -0.376 e. The number of hydrogen-bond acceptors (Lipinski definition) is 8. The Morgan fingerprint density at radius 2 is 1.83 bits per heavy atom. The van der Waals surface area contributed by atoms with Crippen molar-refractivity contribution in [2.75, 3.05) is 5.01 Å². The molecule has 12 heteroatoms. The van der Waals surface area contributed by atoms with E-state index in [0.717, 1.165) is 11.9 Å². The van der Waals surface area contributed by atoms with Gasteiger partial charge in [-0.3, -0.25) is 9.59 Å². The topological polar surface area (TPSA) is 140 Å². The number of benzene rings is 1. The third kappa shape index (κ3) is 5.48. The Kier molecular flexibility index (Phi) is 7.04. The summed E-state index contributed by atoms with van der Waals surface area (Å²) in [5, 5.41) is 16.9. The first-order valence-corrected chi connectivity index (χ1v) is 9.23. The molecule has 3 N–H and O–H groups in total. The predicted octanol–water partition coefficient (Wildman–Crippen LogP) is 3.02. The van der Waals surface area contributed by atoms with Gasteiger partial charge in [0.15, 0.2) is 0 Å². The predicted molar refractivity (Wildman–Crippen MR) is 111 cm³/mol. The number of ether oxygens (including phenoxy) is 1. The van der Waals surface area contributed by atoms with E-state index in [0.29, 0.717) is 16.8 Å². The zero-order chi connectivity index (χ0) is 22.6. The third-order valence-electron chi connectivity index (χ3n) is 3.76. The number of carbonyl (C=O) groups is 2. The molecule has 0 aliphatic rings. The van der Waals surface area contributed by atoms with Crippen LogP contribution in [0.4, 0.5) is 10.5 Å². The van der Waals surface area contributed by atoms with E-state index < -0.39 is 17.5 Å². The van der Waals surface area contributed by atoms with Crippen molar-refractivity contribution in [3.63, 3.8) is 0 Å². The maximum absolute atomic E-state index is 12.1. The largest absolute Gasteiger partial charge is 0.430 e. The molecule has 0 aliphatic heterocycles. The van der Waals surface area contributed by atoms with Crippen molar-refractivity contribution in [2.45, 2.75) is 33.1 Å². The van der Waals surface area contributed by atoms with Crippen molar-refractivity contribution < 1.29 is 14.3 Å². The lowest BCUT2D eigenvalue weighted by molar-refractivity contribution is -0.134. The number of nitriles is 1. The van der Waals surface area contributed by atoms with Crippen LogP contribution in [-0.4, -0.2) is 22.3 Å². The van der Waals surface area contributed by atoms with E-state index in [1.54, 1.807) is 12.3 Å². The molecule has 0 spiro atoms. The van der Waals surface area contributed by atoms with Gasteiger partial charge >= 0.3 is 12.1 Å². The number of halogens is 2. The monoisotopic (exact) mass is 452 g/mol. The summed E-state index contributed by atoms with van der Waals surface area (Å²) in [7, 11) is 0. The van der Waals surface area contributed by atoms with Crippen molar-refractivity contribution in [1.29, 1.82) is 5.26 Å².